The van der Waals surface area contributed by atoms with Gasteiger partial charge in [0.15, 0.2) is 0 Å². The van der Waals surface area contributed by atoms with Gasteiger partial charge in [0, 0.05) is 31.3 Å². The zero-order chi connectivity index (χ0) is 15.6. The van der Waals surface area contributed by atoms with Crippen LogP contribution in [0.1, 0.15) is 37.7 Å². The molecule has 1 amide bonds. The van der Waals surface area contributed by atoms with Crippen molar-refractivity contribution in [2.24, 2.45) is 5.92 Å². The minimum absolute atomic E-state index is 0.00238. The molecular formula is C17H21ClN2O2. The Hall–Kier alpha value is -1.39. The maximum Gasteiger partial charge on any atom is 0.246 e. The Bertz CT molecular complexity index is 573. The van der Waals surface area contributed by atoms with Crippen molar-refractivity contribution in [1.29, 1.82) is 0 Å². The lowest BCUT2D eigenvalue weighted by Crippen LogP contribution is -2.54. The average Bonchev–Trinajstić information content (AvgIpc) is 2.53. The molecule has 1 aromatic rings. The summed E-state index contributed by atoms with van der Waals surface area (Å²) in [5.74, 6) is 0.229. The Balaban J connectivity index is 1.62. The molecule has 2 fully saturated rings. The highest BCUT2D eigenvalue weighted by atomic mass is 35.5. The Labute approximate surface area is 135 Å². The number of fused-ring (bicyclic) bond motifs is 1. The largest absolute Gasteiger partial charge is 0.389 e. The number of amides is 1. The van der Waals surface area contributed by atoms with E-state index in [-0.39, 0.29) is 11.8 Å². The standard InChI is InChI=1S/C17H21ClN2O2/c18-15-6-4-13(11-19-15)5-7-16(21)20-10-9-17(22)8-2-1-3-14(17)12-20/h4-7,11,14,22H,1-3,8-10,12H2/b7-5+. The van der Waals surface area contributed by atoms with Gasteiger partial charge in [0.05, 0.1) is 5.60 Å². The molecule has 1 N–H and O–H groups in total. The van der Waals surface area contributed by atoms with Gasteiger partial charge in [0.25, 0.3) is 0 Å². The van der Waals surface area contributed by atoms with Crippen LogP contribution in [0.3, 0.4) is 0 Å². The van der Waals surface area contributed by atoms with Crippen molar-refractivity contribution in [1.82, 2.24) is 9.88 Å². The molecule has 5 heteroatoms. The molecule has 2 heterocycles. The summed E-state index contributed by atoms with van der Waals surface area (Å²) in [6.45, 7) is 1.30. The topological polar surface area (TPSA) is 53.4 Å². The molecule has 2 aliphatic rings. The number of rotatable bonds is 2. The molecule has 0 spiro atoms. The minimum Gasteiger partial charge on any atom is -0.389 e. The summed E-state index contributed by atoms with van der Waals surface area (Å²) in [7, 11) is 0. The predicted molar refractivity (Wildman–Crippen MR) is 86.4 cm³/mol. The monoisotopic (exact) mass is 320 g/mol. The van der Waals surface area contributed by atoms with Gasteiger partial charge >= 0.3 is 0 Å². The first-order valence-electron chi connectivity index (χ1n) is 7.88. The van der Waals surface area contributed by atoms with Gasteiger partial charge in [0.1, 0.15) is 5.15 Å². The van der Waals surface area contributed by atoms with E-state index in [1.54, 1.807) is 24.4 Å². The van der Waals surface area contributed by atoms with Crippen LogP contribution in [-0.4, -0.2) is 39.6 Å². The third-order valence-corrected chi connectivity index (χ3v) is 5.13. The average molecular weight is 321 g/mol. The van der Waals surface area contributed by atoms with E-state index in [0.29, 0.717) is 24.7 Å². The van der Waals surface area contributed by atoms with Crippen molar-refractivity contribution < 1.29 is 9.90 Å². The third kappa shape index (κ3) is 3.33. The van der Waals surface area contributed by atoms with Gasteiger partial charge in [-0.25, -0.2) is 4.98 Å². The van der Waals surface area contributed by atoms with E-state index in [2.05, 4.69) is 4.98 Å². The van der Waals surface area contributed by atoms with E-state index >= 15 is 0 Å². The summed E-state index contributed by atoms with van der Waals surface area (Å²) in [5.41, 5.74) is 0.308. The lowest BCUT2D eigenvalue weighted by Gasteiger charge is -2.47. The Kier molecular flexibility index (Phi) is 4.50. The SMILES string of the molecule is O=C(/C=C/c1ccc(Cl)nc1)N1CCC2(O)CCCCC2C1. The maximum atomic E-state index is 12.3. The molecule has 1 aliphatic carbocycles. The normalized spacial score (nSPS) is 28.6. The summed E-state index contributed by atoms with van der Waals surface area (Å²) in [6, 6.07) is 3.53. The number of halogens is 1. The zero-order valence-corrected chi connectivity index (χ0v) is 13.3. The van der Waals surface area contributed by atoms with Crippen LogP contribution >= 0.6 is 11.6 Å². The number of carbonyl (C=O) groups is 1. The fraction of sp³-hybridized carbons (Fsp3) is 0.529. The van der Waals surface area contributed by atoms with Crippen LogP contribution in [-0.2, 0) is 4.79 Å². The number of aliphatic hydroxyl groups is 1. The Morgan fingerprint density at radius 2 is 2.27 bits per heavy atom. The molecule has 22 heavy (non-hydrogen) atoms. The smallest absolute Gasteiger partial charge is 0.246 e. The molecule has 0 aromatic carbocycles. The third-order valence-electron chi connectivity index (χ3n) is 4.91. The van der Waals surface area contributed by atoms with Crippen LogP contribution in [0, 0.1) is 5.92 Å². The van der Waals surface area contributed by atoms with Crippen LogP contribution in [0.4, 0.5) is 0 Å². The number of hydrogen-bond acceptors (Lipinski definition) is 3. The summed E-state index contributed by atoms with van der Waals surface area (Å²) in [4.78, 5) is 18.2. The molecule has 1 aliphatic heterocycles. The molecule has 1 aromatic heterocycles. The maximum absolute atomic E-state index is 12.3. The van der Waals surface area contributed by atoms with Crippen molar-refractivity contribution in [3.8, 4) is 0 Å². The number of aromatic nitrogens is 1. The number of hydrogen-bond donors (Lipinski definition) is 1. The molecular weight excluding hydrogens is 300 g/mol. The fourth-order valence-electron chi connectivity index (χ4n) is 3.53. The highest BCUT2D eigenvalue weighted by Crippen LogP contribution is 2.39. The first-order valence-corrected chi connectivity index (χ1v) is 8.25. The van der Waals surface area contributed by atoms with Gasteiger partial charge in [-0.2, -0.15) is 0 Å². The van der Waals surface area contributed by atoms with Crippen molar-refractivity contribution in [2.75, 3.05) is 13.1 Å². The highest BCUT2D eigenvalue weighted by molar-refractivity contribution is 6.29. The molecule has 3 rings (SSSR count). The van der Waals surface area contributed by atoms with Gasteiger partial charge in [0.2, 0.25) is 5.91 Å². The second-order valence-corrected chi connectivity index (χ2v) is 6.72. The predicted octanol–water partition coefficient (Wildman–Crippen LogP) is 2.90. The molecule has 118 valence electrons. The second kappa shape index (κ2) is 6.39. The van der Waals surface area contributed by atoms with Crippen molar-refractivity contribution in [2.45, 2.75) is 37.7 Å². The van der Waals surface area contributed by atoms with Crippen molar-refractivity contribution in [3.63, 3.8) is 0 Å². The number of likely N-dealkylation sites (tertiary alicyclic amines) is 1. The minimum atomic E-state index is -0.543. The van der Waals surface area contributed by atoms with Crippen molar-refractivity contribution in [3.05, 3.63) is 35.1 Å². The Morgan fingerprint density at radius 1 is 1.41 bits per heavy atom. The fourth-order valence-corrected chi connectivity index (χ4v) is 3.64. The molecule has 2 atom stereocenters. The van der Waals surface area contributed by atoms with Gasteiger partial charge in [-0.05, 0) is 37.0 Å². The number of piperidine rings is 1. The number of pyridine rings is 1. The van der Waals surface area contributed by atoms with Crippen LogP contribution in [0.25, 0.3) is 6.08 Å². The van der Waals surface area contributed by atoms with E-state index < -0.39 is 5.60 Å². The van der Waals surface area contributed by atoms with Gasteiger partial charge < -0.3 is 10.0 Å². The number of carbonyl (C=O) groups excluding carboxylic acids is 1. The van der Waals surface area contributed by atoms with Gasteiger partial charge in [-0.1, -0.05) is 30.5 Å². The molecule has 2 unspecified atom stereocenters. The summed E-state index contributed by atoms with van der Waals surface area (Å²) in [6.07, 6.45) is 9.83. The van der Waals surface area contributed by atoms with E-state index in [1.165, 1.54) is 0 Å². The molecule has 4 nitrogen and oxygen atoms in total. The molecule has 0 bridgehead atoms. The molecule has 1 saturated carbocycles. The van der Waals surface area contributed by atoms with E-state index in [1.807, 2.05) is 11.0 Å². The van der Waals surface area contributed by atoms with Gasteiger partial charge in [-0.3, -0.25) is 4.79 Å². The van der Waals surface area contributed by atoms with E-state index in [4.69, 9.17) is 11.6 Å². The summed E-state index contributed by atoms with van der Waals surface area (Å²) >= 11 is 5.74. The second-order valence-electron chi connectivity index (χ2n) is 6.33. The van der Waals surface area contributed by atoms with E-state index in [9.17, 15) is 9.90 Å². The zero-order valence-electron chi connectivity index (χ0n) is 12.5. The van der Waals surface area contributed by atoms with Crippen molar-refractivity contribution >= 4 is 23.6 Å². The lowest BCUT2D eigenvalue weighted by molar-refractivity contribution is -0.138. The lowest BCUT2D eigenvalue weighted by atomic mass is 9.71. The van der Waals surface area contributed by atoms with Crippen LogP contribution < -0.4 is 0 Å². The first kappa shape index (κ1) is 15.5. The van der Waals surface area contributed by atoms with Crippen LogP contribution in [0.15, 0.2) is 24.4 Å². The summed E-state index contributed by atoms with van der Waals surface area (Å²) < 4.78 is 0. The first-order chi connectivity index (χ1) is 10.6. The molecule has 1 saturated heterocycles. The van der Waals surface area contributed by atoms with Crippen LogP contribution in [0.2, 0.25) is 5.15 Å². The quantitative estimate of drug-likeness (QED) is 0.673. The Morgan fingerprint density at radius 3 is 3.05 bits per heavy atom. The van der Waals surface area contributed by atoms with Gasteiger partial charge in [-0.15, -0.1) is 0 Å². The van der Waals surface area contributed by atoms with E-state index in [0.717, 1.165) is 31.2 Å². The van der Waals surface area contributed by atoms with Crippen LogP contribution in [0.5, 0.6) is 0 Å². The molecule has 0 radical (unpaired) electrons. The highest BCUT2D eigenvalue weighted by Gasteiger charge is 2.43. The number of nitrogens with zero attached hydrogens (tertiary/aromatic N) is 2. The summed E-state index contributed by atoms with van der Waals surface area (Å²) in [5, 5.41) is 11.1.